The van der Waals surface area contributed by atoms with Crippen molar-refractivity contribution in [2.75, 3.05) is 0 Å². The number of aryl methyl sites for hydroxylation is 2. The molecule has 39 heavy (non-hydrogen) atoms. The van der Waals surface area contributed by atoms with E-state index in [2.05, 4.69) is 4.98 Å². The number of hydrogen-bond acceptors (Lipinski definition) is 8. The van der Waals surface area contributed by atoms with E-state index in [-0.39, 0.29) is 41.6 Å². The van der Waals surface area contributed by atoms with Crippen molar-refractivity contribution >= 4 is 11.9 Å². The molecule has 2 aromatic carbocycles. The predicted octanol–water partition coefficient (Wildman–Crippen LogP) is 4.69. The van der Waals surface area contributed by atoms with Crippen LogP contribution in [0.1, 0.15) is 76.6 Å². The molecule has 0 aliphatic heterocycles. The molecule has 0 bridgehead atoms. The Kier molecular flexibility index (Phi) is 7.87. The van der Waals surface area contributed by atoms with Crippen LogP contribution in [0.15, 0.2) is 62.2 Å². The number of carboxylic acids is 1. The third-order valence-electron chi connectivity index (χ3n) is 6.23. The number of carbonyl (C=O) groups excluding carboxylic acids is 1. The first kappa shape index (κ1) is 27.6. The summed E-state index contributed by atoms with van der Waals surface area (Å²) in [5.41, 5.74) is 1.20. The van der Waals surface area contributed by atoms with Gasteiger partial charge in [0.2, 0.25) is 0 Å². The molecule has 2 heterocycles. The number of aliphatic hydroxyl groups is 1. The number of aromatic nitrogens is 2. The molecule has 0 unspecified atom stereocenters. The van der Waals surface area contributed by atoms with E-state index >= 15 is 0 Å². The Morgan fingerprint density at radius 2 is 1.77 bits per heavy atom. The van der Waals surface area contributed by atoms with Crippen LogP contribution in [0.2, 0.25) is 0 Å². The summed E-state index contributed by atoms with van der Waals surface area (Å²) in [6.45, 7) is 6.52. The van der Waals surface area contributed by atoms with E-state index in [1.807, 2.05) is 31.2 Å². The number of esters is 1. The Labute approximate surface area is 224 Å². The Balaban J connectivity index is 1.70. The van der Waals surface area contributed by atoms with Gasteiger partial charge >= 0.3 is 17.8 Å². The molecule has 0 aliphatic rings. The quantitative estimate of drug-likeness (QED) is 0.277. The van der Waals surface area contributed by atoms with Gasteiger partial charge < -0.3 is 28.4 Å². The molecule has 0 saturated carbocycles. The summed E-state index contributed by atoms with van der Waals surface area (Å²) in [4.78, 5) is 41.0. The minimum atomic E-state index is -1.44. The molecule has 4 rings (SSSR count). The van der Waals surface area contributed by atoms with Crippen LogP contribution in [-0.4, -0.2) is 31.7 Å². The van der Waals surface area contributed by atoms with Gasteiger partial charge in [0.05, 0.1) is 5.56 Å². The van der Waals surface area contributed by atoms with E-state index in [0.717, 1.165) is 17.5 Å². The molecule has 2 aromatic heterocycles. The maximum atomic E-state index is 13.4. The van der Waals surface area contributed by atoms with E-state index in [0.29, 0.717) is 17.8 Å². The van der Waals surface area contributed by atoms with Crippen molar-refractivity contribution in [2.24, 2.45) is 0 Å². The highest BCUT2D eigenvalue weighted by Gasteiger charge is 2.33. The lowest BCUT2D eigenvalue weighted by Gasteiger charge is -2.17. The fourth-order valence-electron chi connectivity index (χ4n) is 4.32. The Hall–Kier alpha value is -4.44. The summed E-state index contributed by atoms with van der Waals surface area (Å²) in [7, 11) is 0. The fourth-order valence-corrected chi connectivity index (χ4v) is 4.32. The number of carboxylic acid groups (broad SMARTS) is 1. The smallest absolute Gasteiger partial charge is 0.478 e. The molecule has 0 amide bonds. The van der Waals surface area contributed by atoms with Crippen molar-refractivity contribution < 1.29 is 33.4 Å². The van der Waals surface area contributed by atoms with Gasteiger partial charge in [-0.25, -0.2) is 19.4 Å². The first-order chi connectivity index (χ1) is 18.5. The second-order valence-electron chi connectivity index (χ2n) is 9.68. The topological polar surface area (TPSA) is 145 Å². The van der Waals surface area contributed by atoms with E-state index in [1.165, 1.54) is 6.92 Å². The first-order valence-electron chi connectivity index (χ1n) is 12.5. The van der Waals surface area contributed by atoms with Crippen molar-refractivity contribution in [3.63, 3.8) is 0 Å². The maximum Gasteiger partial charge on any atom is 0.519 e. The third kappa shape index (κ3) is 6.01. The van der Waals surface area contributed by atoms with Gasteiger partial charge in [0.15, 0.2) is 23.8 Å². The molecule has 0 atom stereocenters. The highest BCUT2D eigenvalue weighted by atomic mass is 16.6. The molecule has 10 nitrogen and oxygen atoms in total. The predicted molar refractivity (Wildman–Crippen MR) is 141 cm³/mol. The van der Waals surface area contributed by atoms with Gasteiger partial charge in [-0.15, -0.1) is 0 Å². The zero-order valence-electron chi connectivity index (χ0n) is 22.2. The number of aromatic carboxylic acids is 1. The molecule has 0 saturated heterocycles. The molecule has 0 radical (unpaired) electrons. The first-order valence-corrected chi connectivity index (χ1v) is 12.5. The van der Waals surface area contributed by atoms with Crippen LogP contribution in [0, 0.1) is 6.92 Å². The number of rotatable bonds is 10. The summed E-state index contributed by atoms with van der Waals surface area (Å²) in [6.07, 6.45) is 1.30. The van der Waals surface area contributed by atoms with Crippen LogP contribution in [-0.2, 0) is 29.9 Å². The maximum absolute atomic E-state index is 13.4. The standard InChI is InChI=1S/C29H30N2O8/c1-5-8-23-30-25(29(3,4)36)24(27(34)37-16-22-17(2)38-28(35)39-22)31(23)15-18-11-13-19(14-12-18)20-9-6-7-10-21(20)26(32)33/h6-7,9-14,36H,5,8,15-16H2,1-4H3,(H,32,33). The van der Waals surface area contributed by atoms with Crippen LogP contribution in [0.4, 0.5) is 0 Å². The van der Waals surface area contributed by atoms with Crippen LogP contribution in [0.3, 0.4) is 0 Å². The fraction of sp³-hybridized carbons (Fsp3) is 0.310. The van der Waals surface area contributed by atoms with Crippen molar-refractivity contribution in [3.8, 4) is 11.1 Å². The monoisotopic (exact) mass is 534 g/mol. The largest absolute Gasteiger partial charge is 0.519 e. The SMILES string of the molecule is CCCc1nc(C(C)(C)O)c(C(=O)OCc2oc(=O)oc2C)n1Cc1ccc(-c2ccccc2C(=O)O)cc1. The van der Waals surface area contributed by atoms with E-state index in [9.17, 15) is 24.6 Å². The van der Waals surface area contributed by atoms with Crippen molar-refractivity contribution in [2.45, 2.75) is 59.3 Å². The Morgan fingerprint density at radius 1 is 1.08 bits per heavy atom. The lowest BCUT2D eigenvalue weighted by atomic mass is 9.98. The van der Waals surface area contributed by atoms with E-state index in [1.54, 1.807) is 42.7 Å². The van der Waals surface area contributed by atoms with Gasteiger partial charge in [-0.3, -0.25) is 0 Å². The number of carbonyl (C=O) groups is 2. The van der Waals surface area contributed by atoms with Crippen LogP contribution in [0.25, 0.3) is 11.1 Å². The zero-order chi connectivity index (χ0) is 28.3. The highest BCUT2D eigenvalue weighted by molar-refractivity contribution is 5.96. The van der Waals surface area contributed by atoms with Crippen LogP contribution >= 0.6 is 0 Å². The van der Waals surface area contributed by atoms with Gasteiger partial charge in [-0.1, -0.05) is 49.4 Å². The number of hydrogen-bond donors (Lipinski definition) is 2. The molecule has 0 fully saturated rings. The number of ether oxygens (including phenoxy) is 1. The molecule has 204 valence electrons. The molecule has 10 heteroatoms. The molecule has 0 aliphatic carbocycles. The van der Waals surface area contributed by atoms with Gasteiger partial charge in [0.1, 0.15) is 17.1 Å². The van der Waals surface area contributed by atoms with E-state index in [4.69, 9.17) is 13.6 Å². The van der Waals surface area contributed by atoms with Crippen molar-refractivity contribution in [1.82, 2.24) is 9.55 Å². The second kappa shape index (κ2) is 11.1. The van der Waals surface area contributed by atoms with Crippen LogP contribution < -0.4 is 5.82 Å². The van der Waals surface area contributed by atoms with Crippen molar-refractivity contribution in [1.29, 1.82) is 0 Å². The summed E-state index contributed by atoms with van der Waals surface area (Å²) in [5, 5.41) is 20.4. The molecular formula is C29H30N2O8. The summed E-state index contributed by atoms with van der Waals surface area (Å²) < 4.78 is 16.9. The molecule has 0 spiro atoms. The lowest BCUT2D eigenvalue weighted by Crippen LogP contribution is -2.23. The van der Waals surface area contributed by atoms with Gasteiger partial charge in [0, 0.05) is 13.0 Å². The molecule has 4 aromatic rings. The normalized spacial score (nSPS) is 11.5. The third-order valence-corrected chi connectivity index (χ3v) is 6.23. The van der Waals surface area contributed by atoms with Crippen LogP contribution in [0.5, 0.6) is 0 Å². The number of nitrogens with zero attached hydrogens (tertiary/aromatic N) is 2. The van der Waals surface area contributed by atoms with Gasteiger partial charge in [0.25, 0.3) is 0 Å². The summed E-state index contributed by atoms with van der Waals surface area (Å²) >= 11 is 0. The van der Waals surface area contributed by atoms with E-state index < -0.39 is 23.4 Å². The minimum Gasteiger partial charge on any atom is -0.478 e. The summed E-state index contributed by atoms with van der Waals surface area (Å²) in [5.74, 6) is -1.73. The number of benzene rings is 2. The van der Waals surface area contributed by atoms with Gasteiger partial charge in [-0.05, 0) is 49.9 Å². The second-order valence-corrected chi connectivity index (χ2v) is 9.68. The lowest BCUT2D eigenvalue weighted by molar-refractivity contribution is 0.0395. The molecule has 2 N–H and O–H groups in total. The van der Waals surface area contributed by atoms with Gasteiger partial charge in [-0.2, -0.15) is 0 Å². The Morgan fingerprint density at radius 3 is 2.36 bits per heavy atom. The number of imidazole rings is 1. The average Bonchev–Trinajstić information content (AvgIpc) is 3.41. The van der Waals surface area contributed by atoms with Crippen molar-refractivity contribution in [3.05, 3.63) is 99.0 Å². The summed E-state index contributed by atoms with van der Waals surface area (Å²) in [6, 6.07) is 14.1. The minimum absolute atomic E-state index is 0.0924. The molecular weight excluding hydrogens is 504 g/mol. The average molecular weight is 535 g/mol. The zero-order valence-corrected chi connectivity index (χ0v) is 22.2. The highest BCUT2D eigenvalue weighted by Crippen LogP contribution is 2.28. The Bertz CT molecular complexity index is 1550.